The number of hydrogen-bond acceptors (Lipinski definition) is 4. The van der Waals surface area contributed by atoms with E-state index in [1.54, 1.807) is 27.7 Å². The van der Waals surface area contributed by atoms with Gasteiger partial charge >= 0.3 is 5.97 Å². The number of hydrogen-bond donors (Lipinski definition) is 0. The van der Waals surface area contributed by atoms with E-state index in [-0.39, 0.29) is 18.9 Å². The third-order valence-corrected chi connectivity index (χ3v) is 3.19. The monoisotopic (exact) mass is 272 g/mol. The van der Waals surface area contributed by atoms with E-state index in [2.05, 4.69) is 5.10 Å². The van der Waals surface area contributed by atoms with Gasteiger partial charge in [0.05, 0.1) is 23.5 Å². The molecule has 18 heavy (non-hydrogen) atoms. The number of nitrogens with zero attached hydrogens (tertiary/aromatic N) is 2. The Balaban J connectivity index is 2.82. The Morgan fingerprint density at radius 3 is 2.56 bits per heavy atom. The van der Waals surface area contributed by atoms with Crippen molar-refractivity contribution >= 4 is 23.4 Å². The molecule has 6 heteroatoms. The highest BCUT2D eigenvalue weighted by Gasteiger charge is 2.37. The van der Waals surface area contributed by atoms with Crippen LogP contribution in [0.3, 0.4) is 0 Å². The maximum Gasteiger partial charge on any atom is 0.319 e. The van der Waals surface area contributed by atoms with Crippen molar-refractivity contribution < 1.29 is 14.3 Å². The molecule has 0 radical (unpaired) electrons. The van der Waals surface area contributed by atoms with Gasteiger partial charge in [-0.1, -0.05) is 11.6 Å². The zero-order valence-electron chi connectivity index (χ0n) is 11.0. The number of rotatable bonds is 5. The number of Topliss-reactive ketones (excluding diaryl/α,β-unsaturated/α-hetero) is 1. The summed E-state index contributed by atoms with van der Waals surface area (Å²) < 4.78 is 6.36. The maximum absolute atomic E-state index is 12.1. The minimum Gasteiger partial charge on any atom is -0.465 e. The van der Waals surface area contributed by atoms with E-state index in [0.29, 0.717) is 10.7 Å². The number of esters is 1. The predicted molar refractivity (Wildman–Crippen MR) is 67.4 cm³/mol. The third kappa shape index (κ3) is 2.90. The molecule has 1 aromatic heterocycles. The summed E-state index contributed by atoms with van der Waals surface area (Å²) in [6, 6.07) is 0. The highest BCUT2D eigenvalue weighted by molar-refractivity contribution is 6.31. The molecule has 5 nitrogen and oxygen atoms in total. The summed E-state index contributed by atoms with van der Waals surface area (Å²) in [6.07, 6.45) is 1.47. The van der Waals surface area contributed by atoms with Crippen LogP contribution in [0.4, 0.5) is 0 Å². The van der Waals surface area contributed by atoms with Crippen molar-refractivity contribution in [2.75, 3.05) is 6.61 Å². The fourth-order valence-corrected chi connectivity index (χ4v) is 1.48. The van der Waals surface area contributed by atoms with Crippen molar-refractivity contribution in [3.8, 4) is 0 Å². The summed E-state index contributed by atoms with van der Waals surface area (Å²) in [6.45, 7) is 6.82. The van der Waals surface area contributed by atoms with E-state index >= 15 is 0 Å². The standard InChI is InChI=1S/C12H17ClN2O3/c1-5-18-11(17)12(3,4)10(16)7-15-8(2)9(13)6-14-15/h6H,5,7H2,1-4H3. The van der Waals surface area contributed by atoms with Crippen LogP contribution in [-0.2, 0) is 20.9 Å². The van der Waals surface area contributed by atoms with Crippen molar-refractivity contribution in [2.24, 2.45) is 5.41 Å². The topological polar surface area (TPSA) is 61.2 Å². The highest BCUT2D eigenvalue weighted by Crippen LogP contribution is 2.21. The Hall–Kier alpha value is -1.36. The van der Waals surface area contributed by atoms with Crippen LogP contribution < -0.4 is 0 Å². The molecule has 0 atom stereocenters. The molecule has 0 aliphatic heterocycles. The average Bonchev–Trinajstić information content (AvgIpc) is 2.61. The van der Waals surface area contributed by atoms with Gasteiger partial charge in [-0.15, -0.1) is 0 Å². The highest BCUT2D eigenvalue weighted by atomic mass is 35.5. The lowest BCUT2D eigenvalue weighted by Crippen LogP contribution is -2.37. The van der Waals surface area contributed by atoms with E-state index in [1.807, 2.05) is 0 Å². The van der Waals surface area contributed by atoms with Crippen LogP contribution >= 0.6 is 11.6 Å². The van der Waals surface area contributed by atoms with Gasteiger partial charge in [0.2, 0.25) is 0 Å². The molecule has 0 aliphatic carbocycles. The van der Waals surface area contributed by atoms with Crippen LogP contribution in [0, 0.1) is 12.3 Å². The van der Waals surface area contributed by atoms with Gasteiger partial charge in [0.15, 0.2) is 5.78 Å². The Morgan fingerprint density at radius 1 is 1.50 bits per heavy atom. The first-order chi connectivity index (χ1) is 8.30. The number of ether oxygens (including phenoxy) is 1. The summed E-state index contributed by atoms with van der Waals surface area (Å²) >= 11 is 5.85. The van der Waals surface area contributed by atoms with E-state index in [1.165, 1.54) is 10.9 Å². The zero-order chi connectivity index (χ0) is 13.9. The lowest BCUT2D eigenvalue weighted by atomic mass is 9.88. The zero-order valence-corrected chi connectivity index (χ0v) is 11.7. The molecule has 100 valence electrons. The number of carbonyl (C=O) groups is 2. The second-order valence-corrected chi connectivity index (χ2v) is 4.91. The summed E-state index contributed by atoms with van der Waals surface area (Å²) in [7, 11) is 0. The smallest absolute Gasteiger partial charge is 0.319 e. The maximum atomic E-state index is 12.1. The molecular weight excluding hydrogens is 256 g/mol. The molecule has 0 amide bonds. The first kappa shape index (κ1) is 14.7. The lowest BCUT2D eigenvalue weighted by Gasteiger charge is -2.20. The number of carbonyl (C=O) groups excluding carboxylic acids is 2. The Bertz CT molecular complexity index is 466. The molecule has 0 N–H and O–H groups in total. The first-order valence-corrected chi connectivity index (χ1v) is 6.07. The minimum atomic E-state index is -1.18. The predicted octanol–water partition coefficient (Wildman–Crippen LogP) is 2.00. The second-order valence-electron chi connectivity index (χ2n) is 4.50. The molecule has 0 bridgehead atoms. The summed E-state index contributed by atoms with van der Waals surface area (Å²) in [5.74, 6) is -0.783. The fraction of sp³-hybridized carbons (Fsp3) is 0.583. The Morgan fingerprint density at radius 2 is 2.11 bits per heavy atom. The lowest BCUT2D eigenvalue weighted by molar-refractivity contribution is -0.158. The van der Waals surface area contributed by atoms with Crippen LogP contribution in [-0.4, -0.2) is 28.1 Å². The molecule has 0 saturated carbocycles. The van der Waals surface area contributed by atoms with Gasteiger partial charge in [-0.05, 0) is 27.7 Å². The van der Waals surface area contributed by atoms with Crippen molar-refractivity contribution in [1.29, 1.82) is 0 Å². The Labute approximate surface area is 111 Å². The molecule has 1 heterocycles. The normalized spacial score (nSPS) is 11.4. The van der Waals surface area contributed by atoms with Crippen LogP contribution in [0.5, 0.6) is 0 Å². The minimum absolute atomic E-state index is 0.00433. The van der Waals surface area contributed by atoms with Gasteiger partial charge < -0.3 is 4.74 Å². The molecule has 0 aliphatic rings. The van der Waals surface area contributed by atoms with E-state index in [0.717, 1.165) is 0 Å². The summed E-state index contributed by atoms with van der Waals surface area (Å²) in [5, 5.41) is 4.48. The van der Waals surface area contributed by atoms with Crippen LogP contribution in [0.1, 0.15) is 26.5 Å². The fourth-order valence-electron chi connectivity index (χ4n) is 1.34. The van der Waals surface area contributed by atoms with Crippen molar-refractivity contribution in [3.63, 3.8) is 0 Å². The van der Waals surface area contributed by atoms with Crippen molar-refractivity contribution in [3.05, 3.63) is 16.9 Å². The summed E-state index contributed by atoms with van der Waals surface area (Å²) in [4.78, 5) is 23.8. The van der Waals surface area contributed by atoms with Crippen LogP contribution in [0.25, 0.3) is 0 Å². The van der Waals surface area contributed by atoms with Crippen LogP contribution in [0.15, 0.2) is 6.20 Å². The van der Waals surface area contributed by atoms with Gasteiger partial charge in [-0.25, -0.2) is 0 Å². The van der Waals surface area contributed by atoms with Crippen molar-refractivity contribution in [2.45, 2.75) is 34.2 Å². The van der Waals surface area contributed by atoms with Gasteiger partial charge in [0, 0.05) is 0 Å². The largest absolute Gasteiger partial charge is 0.465 e. The molecule has 0 spiro atoms. The molecule has 0 unspecified atom stereocenters. The van der Waals surface area contributed by atoms with Gasteiger partial charge in [0.1, 0.15) is 12.0 Å². The molecular formula is C12H17ClN2O3. The van der Waals surface area contributed by atoms with Gasteiger partial charge in [-0.3, -0.25) is 14.3 Å². The Kier molecular flexibility index (Phi) is 4.51. The third-order valence-electron chi connectivity index (χ3n) is 2.82. The number of aromatic nitrogens is 2. The van der Waals surface area contributed by atoms with Crippen molar-refractivity contribution in [1.82, 2.24) is 9.78 Å². The van der Waals surface area contributed by atoms with E-state index in [9.17, 15) is 9.59 Å². The molecule has 0 fully saturated rings. The van der Waals surface area contributed by atoms with E-state index in [4.69, 9.17) is 16.3 Å². The van der Waals surface area contributed by atoms with Gasteiger partial charge in [0.25, 0.3) is 0 Å². The molecule has 1 aromatic rings. The molecule has 0 saturated heterocycles. The number of halogens is 1. The average molecular weight is 273 g/mol. The summed E-state index contributed by atoms with van der Waals surface area (Å²) in [5.41, 5.74) is -0.481. The first-order valence-electron chi connectivity index (χ1n) is 5.69. The molecule has 1 rings (SSSR count). The number of ketones is 1. The second kappa shape index (κ2) is 5.52. The molecule has 0 aromatic carbocycles. The van der Waals surface area contributed by atoms with Gasteiger partial charge in [-0.2, -0.15) is 5.10 Å². The quantitative estimate of drug-likeness (QED) is 0.608. The SMILES string of the molecule is CCOC(=O)C(C)(C)C(=O)Cn1ncc(Cl)c1C. The van der Waals surface area contributed by atoms with Crippen LogP contribution in [0.2, 0.25) is 5.02 Å². The van der Waals surface area contributed by atoms with E-state index < -0.39 is 11.4 Å².